The van der Waals surface area contributed by atoms with Crippen LogP contribution in [0.3, 0.4) is 0 Å². The van der Waals surface area contributed by atoms with Gasteiger partial charge in [0.05, 0.1) is 0 Å². The van der Waals surface area contributed by atoms with Crippen molar-refractivity contribution in [3.05, 3.63) is 23.2 Å². The molecule has 0 aliphatic heterocycles. The first kappa shape index (κ1) is 17.6. The highest BCUT2D eigenvalue weighted by Gasteiger charge is 2.29. The molecule has 0 spiro atoms. The third-order valence-corrected chi connectivity index (χ3v) is 6.51. The number of aromatic nitrogens is 2. The van der Waals surface area contributed by atoms with E-state index in [1.54, 1.807) is 11.3 Å². The molecule has 2 aromatic rings. The van der Waals surface area contributed by atoms with Crippen molar-refractivity contribution in [1.29, 1.82) is 0 Å². The topological polar surface area (TPSA) is 41.1 Å². The zero-order valence-corrected chi connectivity index (χ0v) is 16.9. The minimum Gasteiger partial charge on any atom is -0.388 e. The van der Waals surface area contributed by atoms with Gasteiger partial charge in [-0.1, -0.05) is 6.92 Å². The lowest BCUT2D eigenvalue weighted by molar-refractivity contribution is 0.368. The van der Waals surface area contributed by atoms with Crippen molar-refractivity contribution in [1.82, 2.24) is 9.97 Å². The Morgan fingerprint density at radius 2 is 2.00 bits per heavy atom. The lowest BCUT2D eigenvalue weighted by Crippen LogP contribution is -2.38. The van der Waals surface area contributed by atoms with E-state index in [1.807, 2.05) is 14.0 Å². The molecule has 1 fully saturated rings. The molecule has 6 heteroatoms. The fraction of sp³-hybridized carbons (Fsp3) is 0.556. The summed E-state index contributed by atoms with van der Waals surface area (Å²) in [7, 11) is 7.16. The molecule has 3 rings (SSSR count). The van der Waals surface area contributed by atoms with E-state index in [9.17, 15) is 0 Å². The van der Waals surface area contributed by atoms with Crippen molar-refractivity contribution in [3.8, 4) is 10.7 Å². The highest BCUT2D eigenvalue weighted by molar-refractivity contribution is 7.18. The van der Waals surface area contributed by atoms with E-state index >= 15 is 0 Å². The molecule has 24 heavy (non-hydrogen) atoms. The number of nitrogens with zero attached hydrogens (tertiary/aromatic N) is 3. The van der Waals surface area contributed by atoms with Gasteiger partial charge in [-0.05, 0) is 43.8 Å². The number of anilines is 2. The Kier molecular flexibility index (Phi) is 5.12. The molecule has 1 N–H and O–H groups in total. The molecule has 0 aromatic carbocycles. The molecule has 0 amide bonds. The van der Waals surface area contributed by atoms with Gasteiger partial charge in [-0.3, -0.25) is 0 Å². The van der Waals surface area contributed by atoms with Crippen LogP contribution >= 0.6 is 20.6 Å². The van der Waals surface area contributed by atoms with Crippen LogP contribution in [0, 0.1) is 6.92 Å². The van der Waals surface area contributed by atoms with Gasteiger partial charge < -0.3 is 10.2 Å². The van der Waals surface area contributed by atoms with E-state index in [0.717, 1.165) is 27.9 Å². The van der Waals surface area contributed by atoms with Crippen LogP contribution in [0.15, 0.2) is 17.5 Å². The first-order valence-electron chi connectivity index (χ1n) is 8.52. The minimum atomic E-state index is 0.404. The summed E-state index contributed by atoms with van der Waals surface area (Å²) in [6.07, 6.45) is 4.93. The van der Waals surface area contributed by atoms with Gasteiger partial charge in [0.25, 0.3) is 0 Å². The van der Waals surface area contributed by atoms with Crippen molar-refractivity contribution in [2.75, 3.05) is 24.3 Å². The van der Waals surface area contributed by atoms with Gasteiger partial charge in [0.2, 0.25) is 0 Å². The van der Waals surface area contributed by atoms with E-state index in [2.05, 4.69) is 55.9 Å². The van der Waals surface area contributed by atoms with E-state index in [0.29, 0.717) is 11.2 Å². The van der Waals surface area contributed by atoms with Crippen molar-refractivity contribution in [2.45, 2.75) is 50.7 Å². The summed E-state index contributed by atoms with van der Waals surface area (Å²) in [5, 5.41) is 6.73. The Labute approximate surface area is 151 Å². The first-order chi connectivity index (χ1) is 11.4. The predicted molar refractivity (Wildman–Crippen MR) is 108 cm³/mol. The maximum atomic E-state index is 4.91. The van der Waals surface area contributed by atoms with E-state index in [-0.39, 0.29) is 0 Å². The summed E-state index contributed by atoms with van der Waals surface area (Å²) < 4.78 is 0. The Bertz CT molecular complexity index is 703. The summed E-state index contributed by atoms with van der Waals surface area (Å²) in [5.74, 6) is 1.03. The Balaban J connectivity index is 1.87. The maximum Gasteiger partial charge on any atom is 0.142 e. The van der Waals surface area contributed by atoms with Crippen LogP contribution in [-0.2, 0) is 0 Å². The molecular weight excluding hydrogens is 335 g/mol. The quantitative estimate of drug-likeness (QED) is 0.809. The number of thiazole rings is 1. The number of aryl methyl sites for hydroxylation is 1. The highest BCUT2D eigenvalue weighted by atomic mass is 32.1. The van der Waals surface area contributed by atoms with E-state index in [1.165, 1.54) is 25.7 Å². The highest BCUT2D eigenvalue weighted by Crippen LogP contribution is 2.38. The van der Waals surface area contributed by atoms with E-state index in [4.69, 9.17) is 4.98 Å². The molecule has 0 saturated heterocycles. The number of rotatable bonds is 4. The van der Waals surface area contributed by atoms with Crippen LogP contribution in [0.1, 0.15) is 38.3 Å². The zero-order chi connectivity index (χ0) is 17.3. The normalized spacial score (nSPS) is 24.0. The summed E-state index contributed by atoms with van der Waals surface area (Å²) in [5.41, 5.74) is 3.09. The third-order valence-electron chi connectivity index (χ3n) is 4.95. The molecule has 1 aliphatic carbocycles. The Morgan fingerprint density at radius 3 is 2.58 bits per heavy atom. The molecule has 0 radical (unpaired) electrons. The number of pyridine rings is 1. The fourth-order valence-corrected chi connectivity index (χ4v) is 4.35. The molecule has 1 atom stereocenters. The molecule has 1 saturated carbocycles. The molecule has 2 heterocycles. The summed E-state index contributed by atoms with van der Waals surface area (Å²) >= 11 is 1.65. The van der Waals surface area contributed by atoms with Gasteiger partial charge in [-0.25, -0.2) is 9.97 Å². The van der Waals surface area contributed by atoms with Crippen molar-refractivity contribution < 1.29 is 0 Å². The second kappa shape index (κ2) is 6.97. The van der Waals surface area contributed by atoms with Gasteiger partial charge >= 0.3 is 0 Å². The van der Waals surface area contributed by atoms with Crippen LogP contribution in [0.25, 0.3) is 10.7 Å². The second-order valence-electron chi connectivity index (χ2n) is 7.14. The van der Waals surface area contributed by atoms with Crippen molar-refractivity contribution >= 4 is 32.1 Å². The van der Waals surface area contributed by atoms with Crippen molar-refractivity contribution in [3.63, 3.8) is 0 Å². The van der Waals surface area contributed by atoms with Gasteiger partial charge in [0.1, 0.15) is 16.5 Å². The van der Waals surface area contributed by atoms with Crippen LogP contribution < -0.4 is 10.2 Å². The fourth-order valence-electron chi connectivity index (χ4n) is 3.26. The SMILES string of the molecule is CNc1cc(-c2nc(C)cs2)nc(N(C)C2CCC(C)(P)CC2)c1. The molecule has 1 aliphatic rings. The Morgan fingerprint density at radius 1 is 1.29 bits per heavy atom. The van der Waals surface area contributed by atoms with Crippen LogP contribution in [0.5, 0.6) is 0 Å². The predicted octanol–water partition coefficient (Wildman–Crippen LogP) is 4.57. The number of hydrogen-bond acceptors (Lipinski definition) is 5. The van der Waals surface area contributed by atoms with E-state index < -0.39 is 0 Å². The van der Waals surface area contributed by atoms with Gasteiger partial charge in [0, 0.05) is 43.0 Å². The molecule has 2 aromatic heterocycles. The standard InChI is InChI=1S/C18H27N4PS/c1-12-11-24-17(20-12)15-9-13(19-3)10-16(21-15)22(4)14-5-7-18(2,23)8-6-14/h9-11,14H,5-8,23H2,1-4H3,(H,19,21). The number of nitrogens with one attached hydrogen (secondary N) is 1. The largest absolute Gasteiger partial charge is 0.388 e. The molecule has 0 bridgehead atoms. The summed E-state index contributed by atoms with van der Waals surface area (Å²) in [4.78, 5) is 11.9. The smallest absolute Gasteiger partial charge is 0.142 e. The first-order valence-corrected chi connectivity index (χ1v) is 9.98. The van der Waals surface area contributed by atoms with Crippen LogP contribution in [0.4, 0.5) is 11.5 Å². The molecular formula is C18H27N4PS. The summed E-state index contributed by atoms with van der Waals surface area (Å²) in [6, 6.07) is 4.78. The maximum absolute atomic E-state index is 4.91. The average Bonchev–Trinajstić information content (AvgIpc) is 3.00. The summed E-state index contributed by atoms with van der Waals surface area (Å²) in [6.45, 7) is 4.37. The lowest BCUT2D eigenvalue weighted by Gasteiger charge is -2.39. The lowest BCUT2D eigenvalue weighted by atomic mass is 9.86. The molecule has 130 valence electrons. The average molecular weight is 362 g/mol. The number of hydrogen-bond donors (Lipinski definition) is 1. The zero-order valence-electron chi connectivity index (χ0n) is 15.0. The van der Waals surface area contributed by atoms with Gasteiger partial charge in [0.15, 0.2) is 0 Å². The van der Waals surface area contributed by atoms with Crippen LogP contribution in [0.2, 0.25) is 0 Å². The molecule has 4 nitrogen and oxygen atoms in total. The van der Waals surface area contributed by atoms with Crippen molar-refractivity contribution in [2.24, 2.45) is 0 Å². The second-order valence-corrected chi connectivity index (χ2v) is 9.39. The van der Waals surface area contributed by atoms with Crippen LogP contribution in [-0.4, -0.2) is 35.3 Å². The Hall–Kier alpha value is -1.19. The van der Waals surface area contributed by atoms with Gasteiger partial charge in [-0.2, -0.15) is 0 Å². The minimum absolute atomic E-state index is 0.404. The monoisotopic (exact) mass is 362 g/mol. The molecule has 1 unspecified atom stereocenters. The van der Waals surface area contributed by atoms with Gasteiger partial charge in [-0.15, -0.1) is 20.6 Å². The third kappa shape index (κ3) is 3.89.